The maximum Gasteiger partial charge on any atom is 0.338 e. The Kier molecular flexibility index (Phi) is 8.85. The second-order valence-electron chi connectivity index (χ2n) is 8.16. The predicted molar refractivity (Wildman–Crippen MR) is 133 cm³/mol. The first-order valence-corrected chi connectivity index (χ1v) is 11.9. The number of nitrogens with zero attached hydrogens (tertiary/aromatic N) is 1. The quantitative estimate of drug-likeness (QED) is 0.470. The number of benzene rings is 2. The van der Waals surface area contributed by atoms with E-state index in [2.05, 4.69) is 17.6 Å². The lowest BCUT2D eigenvalue weighted by atomic mass is 9.91. The van der Waals surface area contributed by atoms with Crippen LogP contribution in [-0.4, -0.2) is 36.0 Å². The number of carbonyl (C=O) groups is 3. The Morgan fingerprint density at radius 3 is 2.47 bits per heavy atom. The van der Waals surface area contributed by atoms with E-state index >= 15 is 0 Å². The van der Waals surface area contributed by atoms with Crippen LogP contribution in [0, 0.1) is 0 Å². The topological polar surface area (TPSA) is 87.7 Å². The number of hydrogen-bond acceptors (Lipinski definition) is 4. The molecule has 180 valence electrons. The van der Waals surface area contributed by atoms with Crippen LogP contribution in [0.1, 0.15) is 63.6 Å². The first-order valence-electron chi connectivity index (χ1n) is 11.9. The summed E-state index contributed by atoms with van der Waals surface area (Å²) >= 11 is 0. The minimum Gasteiger partial charge on any atom is -0.463 e. The highest BCUT2D eigenvalue weighted by Gasteiger charge is 2.38. The molecule has 7 heteroatoms. The molecular formula is C27H33N3O4. The second kappa shape index (κ2) is 12.0. The summed E-state index contributed by atoms with van der Waals surface area (Å²) in [4.78, 5) is 40.4. The monoisotopic (exact) mass is 463 g/mol. The van der Waals surface area contributed by atoms with E-state index in [1.54, 1.807) is 30.0 Å². The molecule has 1 aliphatic heterocycles. The van der Waals surface area contributed by atoms with E-state index in [1.807, 2.05) is 43.3 Å². The zero-order chi connectivity index (χ0) is 24.5. The zero-order valence-corrected chi connectivity index (χ0v) is 20.1. The number of carbonyl (C=O) groups excluding carboxylic acids is 3. The lowest BCUT2D eigenvalue weighted by Crippen LogP contribution is -2.48. The largest absolute Gasteiger partial charge is 0.463 e. The standard InChI is InChI=1S/C27H33N3O4/c1-4-7-17-30-25(19-13-9-8-10-14-19)23(26(32)34-6-3)24(29-27(30)33)20-15-11-16-21(18-20)28-22(31)12-5-2/h8-11,13-16,18,24H,4-7,12,17H2,1-3H3,(H,28,31)(H,29,33). The molecule has 0 spiro atoms. The summed E-state index contributed by atoms with van der Waals surface area (Å²) in [6.45, 7) is 6.46. The first kappa shape index (κ1) is 25.0. The summed E-state index contributed by atoms with van der Waals surface area (Å²) in [5.74, 6) is -0.558. The molecule has 0 aromatic heterocycles. The van der Waals surface area contributed by atoms with Crippen LogP contribution in [0.15, 0.2) is 60.2 Å². The van der Waals surface area contributed by atoms with Gasteiger partial charge in [0.15, 0.2) is 0 Å². The van der Waals surface area contributed by atoms with Crippen molar-refractivity contribution in [2.75, 3.05) is 18.5 Å². The number of amides is 3. The molecule has 2 N–H and O–H groups in total. The van der Waals surface area contributed by atoms with Crippen molar-refractivity contribution in [3.8, 4) is 0 Å². The van der Waals surface area contributed by atoms with Gasteiger partial charge >= 0.3 is 12.0 Å². The van der Waals surface area contributed by atoms with Crippen LogP contribution >= 0.6 is 0 Å². The predicted octanol–water partition coefficient (Wildman–Crippen LogP) is 5.27. The number of esters is 1. The highest BCUT2D eigenvalue weighted by atomic mass is 16.5. The lowest BCUT2D eigenvalue weighted by molar-refractivity contribution is -0.139. The van der Waals surface area contributed by atoms with Gasteiger partial charge in [0.05, 0.1) is 23.9 Å². The van der Waals surface area contributed by atoms with Gasteiger partial charge in [-0.3, -0.25) is 9.69 Å². The molecule has 3 amide bonds. The Hall–Kier alpha value is -3.61. The molecule has 0 radical (unpaired) electrons. The van der Waals surface area contributed by atoms with Crippen LogP contribution in [0.5, 0.6) is 0 Å². The number of anilines is 1. The van der Waals surface area contributed by atoms with Crippen LogP contribution in [0.4, 0.5) is 10.5 Å². The number of ether oxygens (including phenoxy) is 1. The molecule has 34 heavy (non-hydrogen) atoms. The lowest BCUT2D eigenvalue weighted by Gasteiger charge is -2.37. The molecule has 0 bridgehead atoms. The van der Waals surface area contributed by atoms with Crippen molar-refractivity contribution in [2.24, 2.45) is 0 Å². The molecule has 0 aliphatic carbocycles. The van der Waals surface area contributed by atoms with Crippen molar-refractivity contribution >= 4 is 29.3 Å². The molecule has 0 fully saturated rings. The Morgan fingerprint density at radius 1 is 1.03 bits per heavy atom. The van der Waals surface area contributed by atoms with Gasteiger partial charge in [-0.05, 0) is 43.0 Å². The summed E-state index contributed by atoms with van der Waals surface area (Å²) in [5.41, 5.74) is 3.01. The van der Waals surface area contributed by atoms with Crippen molar-refractivity contribution in [3.63, 3.8) is 0 Å². The smallest absolute Gasteiger partial charge is 0.338 e. The van der Waals surface area contributed by atoms with Gasteiger partial charge in [0.25, 0.3) is 0 Å². The van der Waals surface area contributed by atoms with Crippen molar-refractivity contribution in [1.29, 1.82) is 0 Å². The third-order valence-electron chi connectivity index (χ3n) is 5.59. The van der Waals surface area contributed by atoms with Gasteiger partial charge in [0.1, 0.15) is 0 Å². The molecule has 0 saturated heterocycles. The molecule has 1 heterocycles. The van der Waals surface area contributed by atoms with Crippen LogP contribution in [0.2, 0.25) is 0 Å². The summed E-state index contributed by atoms with van der Waals surface area (Å²) in [5, 5.41) is 5.89. The van der Waals surface area contributed by atoms with Crippen LogP contribution in [-0.2, 0) is 14.3 Å². The Labute approximate surface area is 201 Å². The van der Waals surface area contributed by atoms with E-state index in [0.717, 1.165) is 24.8 Å². The normalized spacial score (nSPS) is 15.7. The molecule has 2 aromatic carbocycles. The Bertz CT molecular complexity index is 1050. The van der Waals surface area contributed by atoms with E-state index in [4.69, 9.17) is 4.74 Å². The first-order chi connectivity index (χ1) is 16.5. The van der Waals surface area contributed by atoms with Crippen molar-refractivity contribution < 1.29 is 19.1 Å². The van der Waals surface area contributed by atoms with Crippen molar-refractivity contribution in [1.82, 2.24) is 10.2 Å². The van der Waals surface area contributed by atoms with Crippen LogP contribution in [0.25, 0.3) is 5.70 Å². The zero-order valence-electron chi connectivity index (χ0n) is 20.1. The van der Waals surface area contributed by atoms with Gasteiger partial charge < -0.3 is 15.4 Å². The van der Waals surface area contributed by atoms with Crippen molar-refractivity contribution in [3.05, 3.63) is 71.3 Å². The Morgan fingerprint density at radius 2 is 1.79 bits per heavy atom. The third kappa shape index (κ3) is 5.84. The minimum atomic E-state index is -0.720. The Balaban J connectivity index is 2.15. The van der Waals surface area contributed by atoms with Gasteiger partial charge in [-0.2, -0.15) is 0 Å². The van der Waals surface area contributed by atoms with E-state index in [1.165, 1.54) is 0 Å². The highest BCUT2D eigenvalue weighted by Crippen LogP contribution is 2.37. The summed E-state index contributed by atoms with van der Waals surface area (Å²) < 4.78 is 5.46. The van der Waals surface area contributed by atoms with Gasteiger partial charge in [-0.15, -0.1) is 0 Å². The SMILES string of the molecule is CCCCN1C(=O)NC(c2cccc(NC(=O)CCC)c2)C(C(=O)OCC)=C1c1ccccc1. The number of urea groups is 1. The van der Waals surface area contributed by atoms with E-state index < -0.39 is 12.0 Å². The van der Waals surface area contributed by atoms with Crippen molar-refractivity contribution in [2.45, 2.75) is 52.5 Å². The molecular weight excluding hydrogens is 430 g/mol. The van der Waals surface area contributed by atoms with Gasteiger partial charge in [0.2, 0.25) is 5.91 Å². The maximum absolute atomic E-state index is 13.3. The fourth-order valence-electron chi connectivity index (χ4n) is 4.01. The van der Waals surface area contributed by atoms with E-state index in [9.17, 15) is 14.4 Å². The molecule has 2 aromatic rings. The number of hydrogen-bond donors (Lipinski definition) is 2. The average Bonchev–Trinajstić information content (AvgIpc) is 2.83. The second-order valence-corrected chi connectivity index (χ2v) is 8.16. The van der Waals surface area contributed by atoms with Crippen LogP contribution < -0.4 is 10.6 Å². The van der Waals surface area contributed by atoms with Crippen LogP contribution in [0.3, 0.4) is 0 Å². The molecule has 7 nitrogen and oxygen atoms in total. The number of unbranched alkanes of at least 4 members (excludes halogenated alkanes) is 1. The summed E-state index contributed by atoms with van der Waals surface area (Å²) in [7, 11) is 0. The average molecular weight is 464 g/mol. The number of nitrogens with one attached hydrogen (secondary N) is 2. The fraction of sp³-hybridized carbons (Fsp3) is 0.370. The fourth-order valence-corrected chi connectivity index (χ4v) is 4.01. The highest BCUT2D eigenvalue weighted by molar-refractivity contribution is 6.04. The summed E-state index contributed by atoms with van der Waals surface area (Å²) in [6, 6.07) is 15.7. The molecule has 1 aliphatic rings. The summed E-state index contributed by atoms with van der Waals surface area (Å²) in [6.07, 6.45) is 2.86. The van der Waals surface area contributed by atoms with Gasteiger partial charge in [-0.25, -0.2) is 9.59 Å². The third-order valence-corrected chi connectivity index (χ3v) is 5.59. The molecule has 3 rings (SSSR count). The molecule has 1 unspecified atom stereocenters. The van der Waals surface area contributed by atoms with E-state index in [0.29, 0.717) is 35.5 Å². The maximum atomic E-state index is 13.3. The molecule has 1 atom stereocenters. The molecule has 0 saturated carbocycles. The number of rotatable bonds is 10. The minimum absolute atomic E-state index is 0.0794. The van der Waals surface area contributed by atoms with E-state index in [-0.39, 0.29) is 18.5 Å². The van der Waals surface area contributed by atoms with Gasteiger partial charge in [-0.1, -0.05) is 62.7 Å². The van der Waals surface area contributed by atoms with Gasteiger partial charge in [0, 0.05) is 18.7 Å².